The quantitative estimate of drug-likeness (QED) is 0.847. The summed E-state index contributed by atoms with van der Waals surface area (Å²) in [5.41, 5.74) is 0. The Morgan fingerprint density at radius 2 is 2.16 bits per heavy atom. The summed E-state index contributed by atoms with van der Waals surface area (Å²) in [6, 6.07) is 7.53. The Hall–Kier alpha value is -1.75. The number of para-hydroxylation sites is 2. The summed E-state index contributed by atoms with van der Waals surface area (Å²) in [6.45, 7) is 3.83. The van der Waals surface area contributed by atoms with Gasteiger partial charge in [0, 0.05) is 6.54 Å². The molecule has 0 bridgehead atoms. The van der Waals surface area contributed by atoms with Crippen molar-refractivity contribution in [3.63, 3.8) is 0 Å². The monoisotopic (exact) mass is 265 g/mol. The zero-order chi connectivity index (χ0) is 13.7. The fraction of sp³-hybridized carbons (Fsp3) is 0.500. The maximum atomic E-state index is 10.8. The number of ether oxygens (including phenoxy) is 2. The number of hydrogen-bond acceptors (Lipinski definition) is 4. The average Bonchev–Trinajstić information content (AvgIpc) is 2.38. The number of hydrogen-bond donors (Lipinski definition) is 1. The Morgan fingerprint density at radius 3 is 2.84 bits per heavy atom. The van der Waals surface area contributed by atoms with Gasteiger partial charge in [0.1, 0.15) is 12.7 Å². The van der Waals surface area contributed by atoms with Crippen LogP contribution in [0.15, 0.2) is 24.3 Å². The van der Waals surface area contributed by atoms with E-state index in [1.807, 2.05) is 36.1 Å². The predicted octanol–water partition coefficient (Wildman–Crippen LogP) is 1.62. The number of carbonyl (C=O) groups is 1. The molecule has 2 rings (SSSR count). The Balaban J connectivity index is 1.94. The molecule has 0 fully saturated rings. The van der Waals surface area contributed by atoms with Crippen LogP contribution in [0.3, 0.4) is 0 Å². The molecular formula is C14H19NO4. The molecule has 1 atom stereocenters. The van der Waals surface area contributed by atoms with Crippen molar-refractivity contribution in [2.24, 2.45) is 0 Å². The predicted molar refractivity (Wildman–Crippen MR) is 70.7 cm³/mol. The maximum absolute atomic E-state index is 10.8. The van der Waals surface area contributed by atoms with Gasteiger partial charge in [0.2, 0.25) is 0 Å². The molecule has 0 spiro atoms. The van der Waals surface area contributed by atoms with Crippen molar-refractivity contribution >= 4 is 5.97 Å². The van der Waals surface area contributed by atoms with Crippen LogP contribution >= 0.6 is 0 Å². The summed E-state index contributed by atoms with van der Waals surface area (Å²) in [7, 11) is 0. The summed E-state index contributed by atoms with van der Waals surface area (Å²) < 4.78 is 11.5. The first kappa shape index (κ1) is 13.7. The van der Waals surface area contributed by atoms with Crippen LogP contribution in [0.2, 0.25) is 0 Å². The smallest absolute Gasteiger partial charge is 0.317 e. The van der Waals surface area contributed by atoms with Crippen LogP contribution in [0.4, 0.5) is 0 Å². The summed E-state index contributed by atoms with van der Waals surface area (Å²) >= 11 is 0. The van der Waals surface area contributed by atoms with Crippen LogP contribution in [-0.2, 0) is 4.79 Å². The molecular weight excluding hydrogens is 246 g/mol. The molecule has 0 saturated heterocycles. The first-order valence-electron chi connectivity index (χ1n) is 6.51. The number of aliphatic carboxylic acids is 1. The van der Waals surface area contributed by atoms with E-state index >= 15 is 0 Å². The third-order valence-corrected chi connectivity index (χ3v) is 2.93. The van der Waals surface area contributed by atoms with Crippen molar-refractivity contribution in [1.29, 1.82) is 0 Å². The number of nitrogens with zero attached hydrogens (tertiary/aromatic N) is 1. The van der Waals surface area contributed by atoms with Crippen molar-refractivity contribution in [2.75, 3.05) is 26.2 Å². The fourth-order valence-corrected chi connectivity index (χ4v) is 2.18. The summed E-state index contributed by atoms with van der Waals surface area (Å²) in [5, 5.41) is 8.88. The molecule has 0 aromatic heterocycles. The third kappa shape index (κ3) is 3.86. The number of carboxylic acid groups (broad SMARTS) is 1. The molecule has 0 radical (unpaired) electrons. The minimum atomic E-state index is -0.814. The van der Waals surface area contributed by atoms with Crippen LogP contribution in [0.5, 0.6) is 11.5 Å². The summed E-state index contributed by atoms with van der Waals surface area (Å²) in [5.74, 6) is 0.662. The van der Waals surface area contributed by atoms with Crippen molar-refractivity contribution in [1.82, 2.24) is 4.90 Å². The Labute approximate surface area is 112 Å². The van der Waals surface area contributed by atoms with E-state index in [-0.39, 0.29) is 12.6 Å². The van der Waals surface area contributed by atoms with E-state index in [1.165, 1.54) is 0 Å². The minimum absolute atomic E-state index is 0.0371. The van der Waals surface area contributed by atoms with E-state index in [1.54, 1.807) is 0 Å². The van der Waals surface area contributed by atoms with Crippen LogP contribution in [-0.4, -0.2) is 48.3 Å². The molecule has 19 heavy (non-hydrogen) atoms. The number of benzene rings is 1. The van der Waals surface area contributed by atoms with Crippen LogP contribution in [0.25, 0.3) is 0 Å². The summed E-state index contributed by atoms with van der Waals surface area (Å²) in [4.78, 5) is 12.7. The van der Waals surface area contributed by atoms with Gasteiger partial charge < -0.3 is 14.6 Å². The number of carboxylic acids is 1. The van der Waals surface area contributed by atoms with Crippen molar-refractivity contribution in [3.05, 3.63) is 24.3 Å². The largest absolute Gasteiger partial charge is 0.486 e. The zero-order valence-electron chi connectivity index (χ0n) is 11.0. The van der Waals surface area contributed by atoms with Gasteiger partial charge in [-0.05, 0) is 25.1 Å². The highest BCUT2D eigenvalue weighted by atomic mass is 16.6. The molecule has 1 aliphatic rings. The Morgan fingerprint density at radius 1 is 1.42 bits per heavy atom. The lowest BCUT2D eigenvalue weighted by Gasteiger charge is -2.30. The molecule has 0 aliphatic carbocycles. The highest BCUT2D eigenvalue weighted by Gasteiger charge is 2.23. The SMILES string of the molecule is CCCN(CC(=O)O)CC1COc2ccccc2O1. The minimum Gasteiger partial charge on any atom is -0.486 e. The van der Waals surface area contributed by atoms with E-state index in [0.29, 0.717) is 13.2 Å². The van der Waals surface area contributed by atoms with Gasteiger partial charge >= 0.3 is 5.97 Å². The van der Waals surface area contributed by atoms with E-state index in [9.17, 15) is 4.79 Å². The van der Waals surface area contributed by atoms with Gasteiger partial charge in [0.25, 0.3) is 0 Å². The van der Waals surface area contributed by atoms with Crippen molar-refractivity contribution in [3.8, 4) is 11.5 Å². The second-order valence-electron chi connectivity index (χ2n) is 4.63. The van der Waals surface area contributed by atoms with Crippen molar-refractivity contribution in [2.45, 2.75) is 19.4 Å². The number of fused-ring (bicyclic) bond motifs is 1. The fourth-order valence-electron chi connectivity index (χ4n) is 2.18. The van der Waals surface area contributed by atoms with Gasteiger partial charge in [0.05, 0.1) is 6.54 Å². The zero-order valence-corrected chi connectivity index (χ0v) is 11.0. The molecule has 1 aromatic rings. The van der Waals surface area contributed by atoms with Crippen LogP contribution in [0, 0.1) is 0 Å². The molecule has 5 nitrogen and oxygen atoms in total. The second-order valence-corrected chi connectivity index (χ2v) is 4.63. The van der Waals surface area contributed by atoms with Gasteiger partial charge in [0.15, 0.2) is 11.5 Å². The van der Waals surface area contributed by atoms with E-state index in [2.05, 4.69) is 0 Å². The average molecular weight is 265 g/mol. The molecule has 5 heteroatoms. The normalized spacial score (nSPS) is 17.5. The lowest BCUT2D eigenvalue weighted by atomic mass is 10.2. The summed E-state index contributed by atoms with van der Waals surface area (Å²) in [6.07, 6.45) is 0.790. The Kier molecular flexibility index (Phi) is 4.63. The maximum Gasteiger partial charge on any atom is 0.317 e. The molecule has 0 saturated carbocycles. The topological polar surface area (TPSA) is 59.0 Å². The van der Waals surface area contributed by atoms with E-state index in [4.69, 9.17) is 14.6 Å². The van der Waals surface area contributed by atoms with Gasteiger partial charge in [-0.25, -0.2) is 0 Å². The molecule has 1 heterocycles. The molecule has 1 aromatic carbocycles. The van der Waals surface area contributed by atoms with E-state index < -0.39 is 5.97 Å². The second kappa shape index (κ2) is 6.43. The highest BCUT2D eigenvalue weighted by molar-refractivity contribution is 5.69. The van der Waals surface area contributed by atoms with Crippen LogP contribution < -0.4 is 9.47 Å². The van der Waals surface area contributed by atoms with Crippen molar-refractivity contribution < 1.29 is 19.4 Å². The molecule has 0 amide bonds. The Bertz CT molecular complexity index is 435. The highest BCUT2D eigenvalue weighted by Crippen LogP contribution is 2.30. The van der Waals surface area contributed by atoms with Gasteiger partial charge in [-0.1, -0.05) is 19.1 Å². The first-order valence-corrected chi connectivity index (χ1v) is 6.51. The molecule has 104 valence electrons. The van der Waals surface area contributed by atoms with Gasteiger partial charge in [-0.3, -0.25) is 9.69 Å². The lowest BCUT2D eigenvalue weighted by molar-refractivity contribution is -0.138. The lowest BCUT2D eigenvalue weighted by Crippen LogP contribution is -2.43. The third-order valence-electron chi connectivity index (χ3n) is 2.93. The molecule has 1 aliphatic heterocycles. The standard InChI is InChI=1S/C14H19NO4/c1-2-7-15(9-14(16)17)8-11-10-18-12-5-3-4-6-13(12)19-11/h3-6,11H,2,7-10H2,1H3,(H,16,17). The van der Waals surface area contributed by atoms with Gasteiger partial charge in [-0.2, -0.15) is 0 Å². The number of rotatable bonds is 6. The first-order chi connectivity index (χ1) is 9.19. The van der Waals surface area contributed by atoms with E-state index in [0.717, 1.165) is 24.5 Å². The molecule has 1 N–H and O–H groups in total. The van der Waals surface area contributed by atoms with Gasteiger partial charge in [-0.15, -0.1) is 0 Å². The molecule has 1 unspecified atom stereocenters. The van der Waals surface area contributed by atoms with Crippen LogP contribution in [0.1, 0.15) is 13.3 Å².